The van der Waals surface area contributed by atoms with Crippen molar-refractivity contribution >= 4 is 11.9 Å². The number of hydrogen-bond donors (Lipinski definition) is 2. The van der Waals surface area contributed by atoms with Crippen LogP contribution in [0.3, 0.4) is 0 Å². The number of alkyl halides is 3. The molecule has 2 N–H and O–H groups in total. The van der Waals surface area contributed by atoms with Gasteiger partial charge in [-0.3, -0.25) is 4.79 Å². The van der Waals surface area contributed by atoms with E-state index in [1.54, 1.807) is 24.2 Å². The summed E-state index contributed by atoms with van der Waals surface area (Å²) in [6, 6.07) is 3.95. The van der Waals surface area contributed by atoms with Gasteiger partial charge >= 0.3 is 6.18 Å². The normalized spacial score (nSPS) is 19.1. The van der Waals surface area contributed by atoms with Crippen LogP contribution >= 0.6 is 0 Å². The van der Waals surface area contributed by atoms with E-state index >= 15 is 0 Å². The van der Waals surface area contributed by atoms with Gasteiger partial charge in [0, 0.05) is 24.9 Å². The lowest BCUT2D eigenvalue weighted by atomic mass is 10.0. The third-order valence-corrected chi connectivity index (χ3v) is 5.14. The largest absolute Gasteiger partial charge is 0.419 e. The SMILES string of the molecule is Cc1ccnc(N2NNC3=C2CCN(C(=O)c2cccc(C(F)(F)F)c2F)C3C)n1. The number of benzene rings is 1. The molecule has 0 fully saturated rings. The van der Waals surface area contributed by atoms with Crippen LogP contribution in [0.5, 0.6) is 0 Å². The van der Waals surface area contributed by atoms with Gasteiger partial charge in [0.1, 0.15) is 5.82 Å². The van der Waals surface area contributed by atoms with Crippen molar-refractivity contribution in [3.63, 3.8) is 0 Å². The van der Waals surface area contributed by atoms with E-state index in [2.05, 4.69) is 20.9 Å². The second-order valence-electron chi connectivity index (χ2n) is 7.02. The minimum atomic E-state index is -4.88. The lowest BCUT2D eigenvalue weighted by molar-refractivity contribution is -0.140. The minimum absolute atomic E-state index is 0.195. The molecule has 0 aliphatic carbocycles. The maximum atomic E-state index is 14.5. The zero-order valence-corrected chi connectivity index (χ0v) is 16.1. The topological polar surface area (TPSA) is 73.4 Å². The fourth-order valence-electron chi connectivity index (χ4n) is 3.61. The second-order valence-corrected chi connectivity index (χ2v) is 7.02. The lowest BCUT2D eigenvalue weighted by Crippen LogP contribution is -2.46. The maximum Gasteiger partial charge on any atom is 0.419 e. The molecule has 1 amide bonds. The Morgan fingerprint density at radius 3 is 2.73 bits per heavy atom. The Morgan fingerprint density at radius 1 is 1.27 bits per heavy atom. The summed E-state index contributed by atoms with van der Waals surface area (Å²) in [4.78, 5) is 22.8. The molecule has 0 saturated heterocycles. The van der Waals surface area contributed by atoms with Crippen LogP contribution in [-0.2, 0) is 6.18 Å². The van der Waals surface area contributed by atoms with Crippen LogP contribution in [0.15, 0.2) is 41.9 Å². The van der Waals surface area contributed by atoms with Crippen molar-refractivity contribution in [1.82, 2.24) is 25.8 Å². The fourth-order valence-corrected chi connectivity index (χ4v) is 3.61. The summed E-state index contributed by atoms with van der Waals surface area (Å²) < 4.78 is 53.5. The van der Waals surface area contributed by atoms with Crippen LogP contribution in [0.2, 0.25) is 0 Å². The molecule has 30 heavy (non-hydrogen) atoms. The number of rotatable bonds is 2. The molecule has 1 unspecified atom stereocenters. The summed E-state index contributed by atoms with van der Waals surface area (Å²) in [7, 11) is 0. The van der Waals surface area contributed by atoms with Crippen LogP contribution in [0, 0.1) is 12.7 Å². The van der Waals surface area contributed by atoms with E-state index in [1.165, 1.54) is 4.90 Å². The first-order valence-electron chi connectivity index (χ1n) is 9.19. The molecule has 4 rings (SSSR count). The second kappa shape index (κ2) is 7.24. The van der Waals surface area contributed by atoms with Crippen LogP contribution in [0.1, 0.15) is 35.0 Å². The summed E-state index contributed by atoms with van der Waals surface area (Å²) in [6.45, 7) is 3.74. The quantitative estimate of drug-likeness (QED) is 0.726. The zero-order valence-electron chi connectivity index (χ0n) is 16.1. The van der Waals surface area contributed by atoms with Gasteiger partial charge in [0.05, 0.1) is 28.6 Å². The zero-order chi connectivity index (χ0) is 21.6. The molecule has 0 bridgehead atoms. The first-order valence-corrected chi connectivity index (χ1v) is 9.19. The van der Waals surface area contributed by atoms with Gasteiger partial charge < -0.3 is 10.3 Å². The smallest absolute Gasteiger partial charge is 0.330 e. The van der Waals surface area contributed by atoms with Crippen molar-refractivity contribution in [3.05, 3.63) is 64.5 Å². The van der Waals surface area contributed by atoms with Gasteiger partial charge in [0.15, 0.2) is 0 Å². The number of carbonyl (C=O) groups excluding carboxylic acids is 1. The Hall–Kier alpha value is -3.21. The monoisotopic (exact) mass is 422 g/mol. The van der Waals surface area contributed by atoms with Crippen molar-refractivity contribution < 1.29 is 22.4 Å². The minimum Gasteiger partial charge on any atom is -0.330 e. The van der Waals surface area contributed by atoms with Gasteiger partial charge in [-0.2, -0.15) is 13.2 Å². The molecule has 0 radical (unpaired) electrons. The predicted molar refractivity (Wildman–Crippen MR) is 99.1 cm³/mol. The molecule has 3 heterocycles. The highest BCUT2D eigenvalue weighted by Crippen LogP contribution is 2.34. The first kappa shape index (κ1) is 20.1. The van der Waals surface area contributed by atoms with Crippen molar-refractivity contribution in [2.24, 2.45) is 0 Å². The number of anilines is 1. The third kappa shape index (κ3) is 3.34. The molecule has 11 heteroatoms. The number of carbonyl (C=O) groups is 1. The molecular weight excluding hydrogens is 404 g/mol. The summed E-state index contributed by atoms with van der Waals surface area (Å²) in [5.74, 6) is -1.94. The molecule has 2 aliphatic heterocycles. The average Bonchev–Trinajstić information content (AvgIpc) is 3.12. The van der Waals surface area contributed by atoms with Gasteiger partial charge in [-0.1, -0.05) is 6.07 Å². The molecule has 0 spiro atoms. The Bertz CT molecular complexity index is 1040. The molecule has 0 saturated carbocycles. The predicted octanol–water partition coefficient (Wildman–Crippen LogP) is 2.92. The molecule has 2 aromatic rings. The summed E-state index contributed by atoms with van der Waals surface area (Å²) in [6.07, 6.45) is -2.88. The van der Waals surface area contributed by atoms with Gasteiger partial charge in [0.2, 0.25) is 5.95 Å². The molecule has 1 aromatic heterocycles. The third-order valence-electron chi connectivity index (χ3n) is 5.14. The Morgan fingerprint density at radius 2 is 2.03 bits per heavy atom. The highest BCUT2D eigenvalue weighted by molar-refractivity contribution is 5.95. The van der Waals surface area contributed by atoms with E-state index in [-0.39, 0.29) is 6.54 Å². The number of hydrazine groups is 2. The van der Waals surface area contributed by atoms with Crippen LogP contribution < -0.4 is 16.0 Å². The number of nitrogens with one attached hydrogen (secondary N) is 2. The molecule has 158 valence electrons. The van der Waals surface area contributed by atoms with Crippen molar-refractivity contribution in [3.8, 4) is 0 Å². The number of halogens is 4. The lowest BCUT2D eigenvalue weighted by Gasteiger charge is -2.34. The summed E-state index contributed by atoms with van der Waals surface area (Å²) in [5, 5.41) is 1.66. The van der Waals surface area contributed by atoms with Crippen LogP contribution in [-0.4, -0.2) is 33.4 Å². The van der Waals surface area contributed by atoms with Crippen molar-refractivity contribution in [2.75, 3.05) is 11.6 Å². The number of aromatic nitrogens is 2. The highest BCUT2D eigenvalue weighted by Gasteiger charge is 2.40. The summed E-state index contributed by atoms with van der Waals surface area (Å²) in [5.41, 5.74) is 6.07. The van der Waals surface area contributed by atoms with E-state index in [0.29, 0.717) is 24.1 Å². The Labute approximate surface area is 169 Å². The number of amides is 1. The Kier molecular flexibility index (Phi) is 4.85. The van der Waals surface area contributed by atoms with Crippen molar-refractivity contribution in [1.29, 1.82) is 0 Å². The van der Waals surface area contributed by atoms with Gasteiger partial charge in [-0.15, -0.1) is 5.53 Å². The summed E-state index contributed by atoms with van der Waals surface area (Å²) >= 11 is 0. The number of nitrogens with zero attached hydrogens (tertiary/aromatic N) is 4. The van der Waals surface area contributed by atoms with E-state index in [1.807, 2.05) is 6.92 Å². The van der Waals surface area contributed by atoms with E-state index in [0.717, 1.165) is 23.5 Å². The van der Waals surface area contributed by atoms with Crippen LogP contribution in [0.25, 0.3) is 0 Å². The van der Waals surface area contributed by atoms with Gasteiger partial charge in [-0.25, -0.2) is 19.4 Å². The number of hydrogen-bond acceptors (Lipinski definition) is 6. The molecule has 1 aromatic carbocycles. The van der Waals surface area contributed by atoms with E-state index in [4.69, 9.17) is 0 Å². The van der Waals surface area contributed by atoms with Crippen LogP contribution in [0.4, 0.5) is 23.5 Å². The van der Waals surface area contributed by atoms with E-state index in [9.17, 15) is 22.4 Å². The maximum absolute atomic E-state index is 14.5. The highest BCUT2D eigenvalue weighted by atomic mass is 19.4. The van der Waals surface area contributed by atoms with Crippen molar-refractivity contribution in [2.45, 2.75) is 32.5 Å². The van der Waals surface area contributed by atoms with E-state index < -0.39 is 35.1 Å². The Balaban J connectivity index is 1.62. The first-order chi connectivity index (χ1) is 14.2. The molecular formula is C19H18F4N6O. The molecule has 2 aliphatic rings. The average molecular weight is 422 g/mol. The van der Waals surface area contributed by atoms with Gasteiger partial charge in [-0.05, 0) is 32.0 Å². The molecule has 7 nitrogen and oxygen atoms in total. The van der Waals surface area contributed by atoms with Gasteiger partial charge in [0.25, 0.3) is 5.91 Å². The molecule has 1 atom stereocenters. The number of aryl methyl sites for hydroxylation is 1. The standard InChI is InChI=1S/C19H18F4N6O/c1-10-6-8-24-18(25-10)29-14-7-9-28(11(2)16(14)26-27-29)17(30)12-4-3-5-13(15(12)20)19(21,22)23/h3-6,8,11,26-27H,7,9H2,1-2H3. The fraction of sp³-hybridized carbons (Fsp3) is 0.316.